The second-order valence-electron chi connectivity index (χ2n) is 1.89. The number of pyridine rings is 1. The van der Waals surface area contributed by atoms with Crippen molar-refractivity contribution >= 4 is 8.60 Å². The van der Waals surface area contributed by atoms with E-state index in [0.29, 0.717) is 0 Å². The molecule has 0 aliphatic rings. The van der Waals surface area contributed by atoms with Crippen LogP contribution in [0.25, 0.3) is 0 Å². The van der Waals surface area contributed by atoms with Crippen LogP contribution in [0.3, 0.4) is 0 Å². The molecule has 0 aliphatic heterocycles. The maximum absolute atomic E-state index is 8.39. The van der Waals surface area contributed by atoms with Crippen LogP contribution in [0.5, 0.6) is 0 Å². The molecule has 0 saturated carbocycles. The van der Waals surface area contributed by atoms with Gasteiger partial charge in [0, 0.05) is 12.4 Å². The summed E-state index contributed by atoms with van der Waals surface area (Å²) in [6.45, 7) is 0.187. The molecule has 4 nitrogen and oxygen atoms in total. The fourth-order valence-electron chi connectivity index (χ4n) is 0.616. The van der Waals surface area contributed by atoms with Crippen LogP contribution in [0.1, 0.15) is 5.56 Å². The van der Waals surface area contributed by atoms with Crippen molar-refractivity contribution in [3.63, 3.8) is 0 Å². The summed E-state index contributed by atoms with van der Waals surface area (Å²) in [5, 5.41) is 0. The first-order valence-electron chi connectivity index (χ1n) is 2.99. The third-order valence-electron chi connectivity index (χ3n) is 1.07. The van der Waals surface area contributed by atoms with Crippen molar-refractivity contribution in [2.24, 2.45) is 0 Å². The van der Waals surface area contributed by atoms with E-state index in [1.54, 1.807) is 24.5 Å². The van der Waals surface area contributed by atoms with Gasteiger partial charge in [-0.1, -0.05) is 6.07 Å². The molecule has 1 aromatic heterocycles. The van der Waals surface area contributed by atoms with Crippen molar-refractivity contribution in [3.8, 4) is 0 Å². The van der Waals surface area contributed by atoms with Gasteiger partial charge < -0.3 is 14.3 Å². The SMILES string of the molecule is OP(O)OCc1cccnc1. The largest absolute Gasteiger partial charge is 0.328 e. The predicted octanol–water partition coefficient (Wildman–Crippen LogP) is 0.810. The predicted molar refractivity (Wildman–Crippen MR) is 40.4 cm³/mol. The monoisotopic (exact) mass is 173 g/mol. The number of aromatic nitrogens is 1. The minimum Gasteiger partial charge on any atom is -0.328 e. The van der Waals surface area contributed by atoms with Crippen LogP contribution in [0, 0.1) is 0 Å². The molecule has 0 radical (unpaired) electrons. The van der Waals surface area contributed by atoms with Crippen LogP contribution in [-0.2, 0) is 11.1 Å². The van der Waals surface area contributed by atoms with Crippen LogP contribution >= 0.6 is 8.60 Å². The van der Waals surface area contributed by atoms with Gasteiger partial charge in [-0.25, -0.2) is 0 Å². The Hall–Kier alpha value is -0.540. The van der Waals surface area contributed by atoms with Crippen LogP contribution < -0.4 is 0 Å². The van der Waals surface area contributed by atoms with Gasteiger partial charge in [0.1, 0.15) is 0 Å². The lowest BCUT2D eigenvalue weighted by Gasteiger charge is -2.01. The van der Waals surface area contributed by atoms with E-state index in [0.717, 1.165) is 5.56 Å². The zero-order chi connectivity index (χ0) is 8.10. The standard InChI is InChI=1S/C6H8NO3P/c8-11(9)10-5-6-2-1-3-7-4-6/h1-4,8-9H,5H2. The molecule has 0 bridgehead atoms. The normalized spacial score (nSPS) is 10.5. The molecule has 5 heteroatoms. The van der Waals surface area contributed by atoms with Gasteiger partial charge in [-0.3, -0.25) is 4.98 Å². The van der Waals surface area contributed by atoms with Crippen molar-refractivity contribution in [3.05, 3.63) is 30.1 Å². The highest BCUT2D eigenvalue weighted by atomic mass is 31.2. The molecule has 60 valence electrons. The van der Waals surface area contributed by atoms with Gasteiger partial charge in [0.15, 0.2) is 0 Å². The molecule has 2 N–H and O–H groups in total. The molecule has 1 aromatic rings. The number of rotatable bonds is 3. The lowest BCUT2D eigenvalue weighted by Crippen LogP contribution is -1.87. The first kappa shape index (κ1) is 8.56. The van der Waals surface area contributed by atoms with Crippen molar-refractivity contribution in [1.82, 2.24) is 4.98 Å². The van der Waals surface area contributed by atoms with Gasteiger partial charge in [0.25, 0.3) is 0 Å². The van der Waals surface area contributed by atoms with Crippen molar-refractivity contribution in [1.29, 1.82) is 0 Å². The summed E-state index contributed by atoms with van der Waals surface area (Å²) >= 11 is 0. The molecule has 0 saturated heterocycles. The summed E-state index contributed by atoms with van der Waals surface area (Å²) < 4.78 is 4.56. The molecule has 0 fully saturated rings. The van der Waals surface area contributed by atoms with Crippen LogP contribution in [0.15, 0.2) is 24.5 Å². The second kappa shape index (κ2) is 4.36. The van der Waals surface area contributed by atoms with Crippen LogP contribution in [0.2, 0.25) is 0 Å². The molecular formula is C6H8NO3P. The van der Waals surface area contributed by atoms with Crippen molar-refractivity contribution in [2.75, 3.05) is 0 Å². The molecule has 0 amide bonds. The van der Waals surface area contributed by atoms with Gasteiger partial charge in [0.2, 0.25) is 0 Å². The van der Waals surface area contributed by atoms with E-state index >= 15 is 0 Å². The summed E-state index contributed by atoms with van der Waals surface area (Å²) in [7, 11) is -2.25. The smallest absolute Gasteiger partial charge is 0.327 e. The Morgan fingerprint density at radius 1 is 1.55 bits per heavy atom. The fraction of sp³-hybridized carbons (Fsp3) is 0.167. The average Bonchev–Trinajstić information content (AvgIpc) is 2.03. The van der Waals surface area contributed by atoms with Crippen LogP contribution in [-0.4, -0.2) is 14.8 Å². The summed E-state index contributed by atoms with van der Waals surface area (Å²) in [6.07, 6.45) is 3.25. The first-order chi connectivity index (χ1) is 5.29. The van der Waals surface area contributed by atoms with Crippen LogP contribution in [0.4, 0.5) is 0 Å². The zero-order valence-corrected chi connectivity index (χ0v) is 6.61. The number of hydrogen-bond donors (Lipinski definition) is 2. The molecule has 0 atom stereocenters. The quantitative estimate of drug-likeness (QED) is 0.664. The van der Waals surface area contributed by atoms with E-state index < -0.39 is 8.60 Å². The van der Waals surface area contributed by atoms with Gasteiger partial charge in [0.05, 0.1) is 6.61 Å². The maximum Gasteiger partial charge on any atom is 0.327 e. The highest BCUT2D eigenvalue weighted by molar-refractivity contribution is 7.39. The molecule has 11 heavy (non-hydrogen) atoms. The summed E-state index contributed by atoms with van der Waals surface area (Å²) in [4.78, 5) is 20.6. The lowest BCUT2D eigenvalue weighted by atomic mass is 10.3. The third kappa shape index (κ3) is 3.39. The van der Waals surface area contributed by atoms with E-state index in [4.69, 9.17) is 9.79 Å². The topological polar surface area (TPSA) is 62.6 Å². The molecule has 1 heterocycles. The molecule has 0 spiro atoms. The van der Waals surface area contributed by atoms with E-state index in [9.17, 15) is 0 Å². The fourth-order valence-corrected chi connectivity index (χ4v) is 0.880. The average molecular weight is 173 g/mol. The summed E-state index contributed by atoms with van der Waals surface area (Å²) in [5.41, 5.74) is 0.822. The van der Waals surface area contributed by atoms with E-state index in [1.165, 1.54) is 0 Å². The maximum atomic E-state index is 8.39. The number of hydrogen-bond acceptors (Lipinski definition) is 4. The molecule has 1 rings (SSSR count). The minimum absolute atomic E-state index is 0.187. The Balaban J connectivity index is 2.39. The Bertz CT molecular complexity index is 204. The van der Waals surface area contributed by atoms with E-state index in [2.05, 4.69) is 9.51 Å². The molecule has 0 aliphatic carbocycles. The number of nitrogens with zero attached hydrogens (tertiary/aromatic N) is 1. The second-order valence-corrected chi connectivity index (χ2v) is 2.65. The van der Waals surface area contributed by atoms with Crippen molar-refractivity contribution in [2.45, 2.75) is 6.61 Å². The summed E-state index contributed by atoms with van der Waals surface area (Å²) in [5.74, 6) is 0. The summed E-state index contributed by atoms with van der Waals surface area (Å²) in [6, 6.07) is 3.56. The third-order valence-corrected chi connectivity index (χ3v) is 1.43. The van der Waals surface area contributed by atoms with Gasteiger partial charge >= 0.3 is 8.60 Å². The minimum atomic E-state index is -2.25. The lowest BCUT2D eigenvalue weighted by molar-refractivity contribution is 0.245. The Morgan fingerprint density at radius 2 is 2.36 bits per heavy atom. The zero-order valence-electron chi connectivity index (χ0n) is 5.71. The van der Waals surface area contributed by atoms with E-state index in [-0.39, 0.29) is 6.61 Å². The Labute approximate surface area is 65.5 Å². The molecule has 0 aromatic carbocycles. The Morgan fingerprint density at radius 3 is 2.91 bits per heavy atom. The highest BCUT2D eigenvalue weighted by Crippen LogP contribution is 2.25. The Kier molecular flexibility index (Phi) is 3.39. The first-order valence-corrected chi connectivity index (χ1v) is 4.15. The van der Waals surface area contributed by atoms with Crippen molar-refractivity contribution < 1.29 is 14.3 Å². The highest BCUT2D eigenvalue weighted by Gasteiger charge is 1.98. The van der Waals surface area contributed by atoms with Gasteiger partial charge in [-0.05, 0) is 11.6 Å². The van der Waals surface area contributed by atoms with Gasteiger partial charge in [-0.15, -0.1) is 0 Å². The molecular weight excluding hydrogens is 165 g/mol. The van der Waals surface area contributed by atoms with Gasteiger partial charge in [-0.2, -0.15) is 0 Å². The van der Waals surface area contributed by atoms with E-state index in [1.807, 2.05) is 0 Å². The molecule has 0 unspecified atom stereocenters.